The van der Waals surface area contributed by atoms with Gasteiger partial charge in [-0.15, -0.1) is 0 Å². The van der Waals surface area contributed by atoms with E-state index in [9.17, 15) is 4.79 Å². The first-order valence-electron chi connectivity index (χ1n) is 6.89. The number of carbonyl (C=O) groups is 1. The molecule has 0 unspecified atom stereocenters. The van der Waals surface area contributed by atoms with Crippen molar-refractivity contribution >= 4 is 17.5 Å². The molecule has 6 heteroatoms. The van der Waals surface area contributed by atoms with Crippen molar-refractivity contribution in [3.63, 3.8) is 0 Å². The van der Waals surface area contributed by atoms with E-state index in [1.54, 1.807) is 29.7 Å². The number of aromatic nitrogens is 3. The molecule has 0 radical (unpaired) electrons. The smallest absolute Gasteiger partial charge is 0.247 e. The van der Waals surface area contributed by atoms with Gasteiger partial charge in [0.2, 0.25) is 5.91 Å². The number of amides is 1. The largest absolute Gasteiger partial charge is 0.338 e. The summed E-state index contributed by atoms with van der Waals surface area (Å²) in [5, 5.41) is 4.59. The monoisotopic (exact) mass is 306 g/mol. The fourth-order valence-corrected chi connectivity index (χ4v) is 2.18. The predicted molar refractivity (Wildman–Crippen MR) is 82.0 cm³/mol. The molecular weight excluding hydrogens is 288 g/mol. The van der Waals surface area contributed by atoms with Crippen molar-refractivity contribution in [3.05, 3.63) is 47.0 Å². The maximum absolute atomic E-state index is 12.4. The Hall–Kier alpha value is -1.88. The van der Waals surface area contributed by atoms with Crippen LogP contribution in [-0.2, 0) is 17.8 Å². The van der Waals surface area contributed by atoms with Crippen LogP contribution >= 0.6 is 11.6 Å². The summed E-state index contributed by atoms with van der Waals surface area (Å²) in [5.74, 6) is -0.0314. The second kappa shape index (κ2) is 6.72. The average molecular weight is 307 g/mol. The van der Waals surface area contributed by atoms with E-state index >= 15 is 0 Å². The first kappa shape index (κ1) is 15.5. The van der Waals surface area contributed by atoms with Crippen LogP contribution in [-0.4, -0.2) is 32.6 Å². The molecule has 1 atom stereocenters. The van der Waals surface area contributed by atoms with Crippen molar-refractivity contribution in [1.29, 1.82) is 0 Å². The zero-order valence-corrected chi connectivity index (χ0v) is 13.2. The maximum atomic E-state index is 12.4. The van der Waals surface area contributed by atoms with Crippen molar-refractivity contribution in [2.45, 2.75) is 32.9 Å². The molecule has 0 N–H and O–H groups in total. The van der Waals surface area contributed by atoms with Crippen molar-refractivity contribution in [2.75, 3.05) is 7.05 Å². The van der Waals surface area contributed by atoms with Crippen LogP contribution in [0.25, 0.3) is 0 Å². The standard InChI is InChI=1S/C15H19ClN4O/c1-4-12-5-6-14(17-7-12)10-19(3)15(21)11(2)20-9-13(16)8-18-20/h5-9,11H,4,10H2,1-3H3/t11-/m1/s1. The molecule has 2 heterocycles. The highest BCUT2D eigenvalue weighted by Gasteiger charge is 2.20. The van der Waals surface area contributed by atoms with Crippen molar-refractivity contribution in [1.82, 2.24) is 19.7 Å². The molecule has 0 bridgehead atoms. The zero-order chi connectivity index (χ0) is 15.4. The minimum absolute atomic E-state index is 0.0314. The molecule has 2 aromatic rings. The van der Waals surface area contributed by atoms with E-state index in [1.165, 1.54) is 11.8 Å². The van der Waals surface area contributed by atoms with Gasteiger partial charge in [-0.25, -0.2) is 0 Å². The SMILES string of the molecule is CCc1ccc(CN(C)C(=O)[C@@H](C)n2cc(Cl)cn2)nc1. The summed E-state index contributed by atoms with van der Waals surface area (Å²) in [5.41, 5.74) is 2.06. The highest BCUT2D eigenvalue weighted by Crippen LogP contribution is 2.14. The number of carbonyl (C=O) groups excluding carboxylic acids is 1. The van der Waals surface area contributed by atoms with Gasteiger partial charge < -0.3 is 4.90 Å². The van der Waals surface area contributed by atoms with Crippen molar-refractivity contribution in [2.24, 2.45) is 0 Å². The molecule has 21 heavy (non-hydrogen) atoms. The summed E-state index contributed by atoms with van der Waals surface area (Å²) in [6, 6.07) is 3.60. The van der Waals surface area contributed by atoms with Gasteiger partial charge in [-0.2, -0.15) is 5.10 Å². The first-order chi connectivity index (χ1) is 10.0. The fourth-order valence-electron chi connectivity index (χ4n) is 2.04. The highest BCUT2D eigenvalue weighted by atomic mass is 35.5. The van der Waals surface area contributed by atoms with Gasteiger partial charge in [0, 0.05) is 19.4 Å². The van der Waals surface area contributed by atoms with Crippen LogP contribution in [0.5, 0.6) is 0 Å². The van der Waals surface area contributed by atoms with Gasteiger partial charge in [-0.3, -0.25) is 14.5 Å². The highest BCUT2D eigenvalue weighted by molar-refractivity contribution is 6.30. The van der Waals surface area contributed by atoms with Crippen LogP contribution in [0.15, 0.2) is 30.7 Å². The van der Waals surface area contributed by atoms with Crippen LogP contribution in [0.2, 0.25) is 5.02 Å². The van der Waals surface area contributed by atoms with Gasteiger partial charge in [0.15, 0.2) is 0 Å². The van der Waals surface area contributed by atoms with Gasteiger partial charge >= 0.3 is 0 Å². The molecular formula is C15H19ClN4O. The minimum Gasteiger partial charge on any atom is -0.338 e. The number of likely N-dealkylation sites (N-methyl/N-ethyl adjacent to an activating group) is 1. The third-order valence-electron chi connectivity index (χ3n) is 3.39. The molecule has 0 aromatic carbocycles. The van der Waals surface area contributed by atoms with E-state index in [0.29, 0.717) is 11.6 Å². The molecule has 112 valence electrons. The Morgan fingerprint density at radius 3 is 2.71 bits per heavy atom. The van der Waals surface area contributed by atoms with E-state index in [1.807, 2.05) is 18.3 Å². The zero-order valence-electron chi connectivity index (χ0n) is 12.5. The van der Waals surface area contributed by atoms with E-state index in [4.69, 9.17) is 11.6 Å². The summed E-state index contributed by atoms with van der Waals surface area (Å²) in [6.45, 7) is 4.36. The van der Waals surface area contributed by atoms with E-state index in [0.717, 1.165) is 12.1 Å². The third-order valence-corrected chi connectivity index (χ3v) is 3.59. The Labute approximate surface area is 129 Å². The molecule has 0 aliphatic carbocycles. The van der Waals surface area contributed by atoms with Gasteiger partial charge in [0.05, 0.1) is 23.5 Å². The van der Waals surface area contributed by atoms with E-state index in [-0.39, 0.29) is 5.91 Å². The van der Waals surface area contributed by atoms with Gasteiger partial charge in [0.25, 0.3) is 0 Å². The minimum atomic E-state index is -0.391. The summed E-state index contributed by atoms with van der Waals surface area (Å²) < 4.78 is 1.56. The van der Waals surface area contributed by atoms with Gasteiger partial charge in [-0.1, -0.05) is 24.6 Å². The topological polar surface area (TPSA) is 51.0 Å². The fraction of sp³-hybridized carbons (Fsp3) is 0.400. The number of nitrogens with zero attached hydrogens (tertiary/aromatic N) is 4. The molecule has 2 aromatic heterocycles. The summed E-state index contributed by atoms with van der Waals surface area (Å²) in [7, 11) is 1.76. The van der Waals surface area contributed by atoms with Crippen LogP contribution in [0.3, 0.4) is 0 Å². The van der Waals surface area contributed by atoms with Crippen molar-refractivity contribution in [3.8, 4) is 0 Å². The first-order valence-corrected chi connectivity index (χ1v) is 7.27. The molecule has 2 rings (SSSR count). The number of halogens is 1. The van der Waals surface area contributed by atoms with Crippen LogP contribution in [0, 0.1) is 0 Å². The Bertz CT molecular complexity index is 608. The number of aryl methyl sites for hydroxylation is 1. The maximum Gasteiger partial charge on any atom is 0.247 e. The van der Waals surface area contributed by atoms with Gasteiger partial charge in [-0.05, 0) is 25.0 Å². The molecule has 1 amide bonds. The molecule has 0 aliphatic rings. The summed E-state index contributed by atoms with van der Waals surface area (Å²) in [6.07, 6.45) is 5.98. The number of pyridine rings is 1. The van der Waals surface area contributed by atoms with Crippen LogP contribution < -0.4 is 0 Å². The lowest BCUT2D eigenvalue weighted by atomic mass is 10.2. The van der Waals surface area contributed by atoms with Crippen molar-refractivity contribution < 1.29 is 4.79 Å². The number of rotatable bonds is 5. The second-order valence-electron chi connectivity index (χ2n) is 5.02. The predicted octanol–water partition coefficient (Wildman–Crippen LogP) is 2.71. The summed E-state index contributed by atoms with van der Waals surface area (Å²) >= 11 is 5.83. The Kier molecular flexibility index (Phi) is 4.96. The van der Waals surface area contributed by atoms with E-state index < -0.39 is 6.04 Å². The van der Waals surface area contributed by atoms with Crippen LogP contribution in [0.4, 0.5) is 0 Å². The van der Waals surface area contributed by atoms with E-state index in [2.05, 4.69) is 17.0 Å². The lowest BCUT2D eigenvalue weighted by Gasteiger charge is -2.21. The lowest BCUT2D eigenvalue weighted by Crippen LogP contribution is -2.33. The molecule has 0 saturated carbocycles. The molecule has 0 aliphatic heterocycles. The van der Waals surface area contributed by atoms with Crippen LogP contribution in [0.1, 0.15) is 31.1 Å². The van der Waals surface area contributed by atoms with Gasteiger partial charge in [0.1, 0.15) is 6.04 Å². The average Bonchev–Trinajstić information content (AvgIpc) is 2.93. The Morgan fingerprint density at radius 1 is 1.43 bits per heavy atom. The molecule has 0 saturated heterocycles. The molecule has 0 spiro atoms. The quantitative estimate of drug-likeness (QED) is 0.853. The molecule has 0 fully saturated rings. The Balaban J connectivity index is 2.01. The second-order valence-corrected chi connectivity index (χ2v) is 5.46. The number of hydrogen-bond donors (Lipinski definition) is 0. The molecule has 5 nitrogen and oxygen atoms in total. The Morgan fingerprint density at radius 2 is 2.19 bits per heavy atom. The third kappa shape index (κ3) is 3.82. The normalized spacial score (nSPS) is 12.2. The summed E-state index contributed by atoms with van der Waals surface area (Å²) in [4.78, 5) is 18.4. The lowest BCUT2D eigenvalue weighted by molar-refractivity contribution is -0.133. The number of hydrogen-bond acceptors (Lipinski definition) is 3.